The second-order valence-electron chi connectivity index (χ2n) is 10.6. The summed E-state index contributed by atoms with van der Waals surface area (Å²) in [6.45, 7) is 9.05. The van der Waals surface area contributed by atoms with Gasteiger partial charge in [0.1, 0.15) is 0 Å². The number of hydrogen-bond acceptors (Lipinski definition) is 1. The zero-order valence-corrected chi connectivity index (χ0v) is 22.2. The van der Waals surface area contributed by atoms with Gasteiger partial charge < -0.3 is 14.0 Å². The summed E-state index contributed by atoms with van der Waals surface area (Å²) in [6.07, 6.45) is 2.24. The van der Waals surface area contributed by atoms with Gasteiger partial charge in [0.15, 0.2) is 0 Å². The van der Waals surface area contributed by atoms with Crippen molar-refractivity contribution in [3.05, 3.63) is 108 Å². The average Bonchev–Trinajstić information content (AvgIpc) is 3.43. The SMILES string of the molecule is C/C=C(\C)n1c2c(c3ccccc31)N(c1ccccc1)c1cccc3c1B2c1cccc2c(C)c(C)n-3c12. The highest BCUT2D eigenvalue weighted by Gasteiger charge is 2.45. The molecule has 8 rings (SSSR count). The van der Waals surface area contributed by atoms with Gasteiger partial charge in [-0.1, -0.05) is 66.7 Å². The molecule has 4 heteroatoms. The Labute approximate surface area is 223 Å². The number of para-hydroxylation sites is 3. The van der Waals surface area contributed by atoms with Gasteiger partial charge in [0.2, 0.25) is 0 Å². The van der Waals surface area contributed by atoms with Crippen molar-refractivity contribution in [1.82, 2.24) is 9.13 Å². The highest BCUT2D eigenvalue weighted by atomic mass is 15.2. The van der Waals surface area contributed by atoms with E-state index in [1.165, 1.54) is 78.0 Å². The Bertz CT molecular complexity index is 1970. The Hall–Kier alpha value is -4.44. The molecule has 0 saturated carbocycles. The van der Waals surface area contributed by atoms with E-state index in [-0.39, 0.29) is 6.71 Å². The Morgan fingerprint density at radius 1 is 0.763 bits per heavy atom. The molecule has 4 aromatic carbocycles. The van der Waals surface area contributed by atoms with Crippen LogP contribution in [0.25, 0.3) is 33.2 Å². The van der Waals surface area contributed by atoms with Gasteiger partial charge in [-0.05, 0) is 74.5 Å². The van der Waals surface area contributed by atoms with Crippen LogP contribution in [-0.4, -0.2) is 15.8 Å². The maximum absolute atomic E-state index is 2.52. The fraction of sp³-hybridized carbons (Fsp3) is 0.118. The van der Waals surface area contributed by atoms with Gasteiger partial charge in [0.05, 0.1) is 11.2 Å². The summed E-state index contributed by atoms with van der Waals surface area (Å²) in [5, 5.41) is 2.64. The quantitative estimate of drug-likeness (QED) is 0.247. The molecule has 2 aliphatic rings. The van der Waals surface area contributed by atoms with Crippen molar-refractivity contribution in [1.29, 1.82) is 0 Å². The Balaban J connectivity index is 1.63. The van der Waals surface area contributed by atoms with Crippen molar-refractivity contribution < 1.29 is 0 Å². The van der Waals surface area contributed by atoms with E-state index in [0.29, 0.717) is 0 Å². The lowest BCUT2D eigenvalue weighted by molar-refractivity contribution is 1.04. The summed E-state index contributed by atoms with van der Waals surface area (Å²) in [4.78, 5) is 2.50. The largest absolute Gasteiger partial charge is 0.324 e. The predicted molar refractivity (Wildman–Crippen MR) is 163 cm³/mol. The molecule has 0 spiro atoms. The number of aromatic nitrogens is 2. The van der Waals surface area contributed by atoms with Crippen LogP contribution in [0.4, 0.5) is 17.1 Å². The van der Waals surface area contributed by atoms with Crippen molar-refractivity contribution in [2.24, 2.45) is 0 Å². The fourth-order valence-electron chi connectivity index (χ4n) is 7.06. The standard InChI is InChI=1S/C34H28BN3/c1-5-21(2)36-28-18-10-9-15-26(28)33-34(36)35-27-17-11-16-25-22(3)23(4)37(32(25)27)29-19-12-20-30(31(29)35)38(33)24-13-7-6-8-14-24/h5-20H,1-4H3/b21-5+. The molecule has 2 aromatic heterocycles. The molecule has 182 valence electrons. The Morgan fingerprint density at radius 2 is 1.47 bits per heavy atom. The van der Waals surface area contributed by atoms with E-state index in [1.54, 1.807) is 0 Å². The molecule has 0 N–H and O–H groups in total. The molecule has 0 bridgehead atoms. The molecule has 0 saturated heterocycles. The van der Waals surface area contributed by atoms with Crippen molar-refractivity contribution in [2.75, 3.05) is 4.90 Å². The van der Waals surface area contributed by atoms with Gasteiger partial charge in [-0.2, -0.15) is 0 Å². The molecule has 38 heavy (non-hydrogen) atoms. The normalized spacial score (nSPS) is 13.8. The maximum Gasteiger partial charge on any atom is 0.273 e. The Kier molecular flexibility index (Phi) is 4.30. The second kappa shape index (κ2) is 7.55. The third-order valence-electron chi connectivity index (χ3n) is 8.88. The summed E-state index contributed by atoms with van der Waals surface area (Å²) in [6, 6.07) is 33.5. The van der Waals surface area contributed by atoms with E-state index in [0.717, 1.165) is 0 Å². The molecule has 0 aliphatic carbocycles. The number of hydrogen-bond donors (Lipinski definition) is 0. The minimum atomic E-state index is 0.128. The van der Waals surface area contributed by atoms with E-state index >= 15 is 0 Å². The maximum atomic E-state index is 2.52. The number of rotatable bonds is 2. The van der Waals surface area contributed by atoms with Crippen molar-refractivity contribution in [3.63, 3.8) is 0 Å². The van der Waals surface area contributed by atoms with Crippen molar-refractivity contribution >= 4 is 67.8 Å². The molecule has 6 aromatic rings. The topological polar surface area (TPSA) is 13.1 Å². The lowest BCUT2D eigenvalue weighted by Gasteiger charge is -2.39. The fourth-order valence-corrected chi connectivity index (χ4v) is 7.06. The lowest BCUT2D eigenvalue weighted by atomic mass is 9.35. The van der Waals surface area contributed by atoms with Crippen LogP contribution in [0.5, 0.6) is 0 Å². The van der Waals surface area contributed by atoms with Crippen LogP contribution in [0.3, 0.4) is 0 Å². The molecule has 0 fully saturated rings. The molecule has 0 unspecified atom stereocenters. The zero-order valence-electron chi connectivity index (χ0n) is 22.2. The Morgan fingerprint density at radius 3 is 2.29 bits per heavy atom. The van der Waals surface area contributed by atoms with Crippen molar-refractivity contribution in [2.45, 2.75) is 27.7 Å². The first-order valence-corrected chi connectivity index (χ1v) is 13.5. The molecule has 3 nitrogen and oxygen atoms in total. The van der Waals surface area contributed by atoms with E-state index in [4.69, 9.17) is 0 Å². The lowest BCUT2D eigenvalue weighted by Crippen LogP contribution is -2.62. The van der Waals surface area contributed by atoms with Gasteiger partial charge in [-0.25, -0.2) is 0 Å². The van der Waals surface area contributed by atoms with Gasteiger partial charge >= 0.3 is 0 Å². The molecule has 0 atom stereocenters. The van der Waals surface area contributed by atoms with E-state index in [9.17, 15) is 0 Å². The second-order valence-corrected chi connectivity index (χ2v) is 10.6. The number of allylic oxidation sites excluding steroid dienone is 2. The predicted octanol–water partition coefficient (Wildman–Crippen LogP) is 6.70. The summed E-state index contributed by atoms with van der Waals surface area (Å²) in [5.74, 6) is 0. The monoisotopic (exact) mass is 489 g/mol. The smallest absolute Gasteiger partial charge is 0.273 e. The van der Waals surface area contributed by atoms with E-state index in [1.807, 2.05) is 0 Å². The van der Waals surface area contributed by atoms with Crippen LogP contribution in [0.1, 0.15) is 25.1 Å². The van der Waals surface area contributed by atoms with Gasteiger partial charge in [0, 0.05) is 50.3 Å². The van der Waals surface area contributed by atoms with Gasteiger partial charge in [-0.3, -0.25) is 0 Å². The van der Waals surface area contributed by atoms with Crippen molar-refractivity contribution in [3.8, 4) is 5.69 Å². The first-order valence-electron chi connectivity index (χ1n) is 13.5. The molecule has 4 heterocycles. The van der Waals surface area contributed by atoms with E-state index in [2.05, 4.69) is 139 Å². The number of anilines is 3. The highest BCUT2D eigenvalue weighted by Crippen LogP contribution is 2.44. The van der Waals surface area contributed by atoms with Crippen LogP contribution in [0, 0.1) is 13.8 Å². The molecular weight excluding hydrogens is 461 g/mol. The number of benzene rings is 4. The average molecular weight is 489 g/mol. The van der Waals surface area contributed by atoms with Crippen LogP contribution in [-0.2, 0) is 0 Å². The number of fused-ring (bicyclic) bond motifs is 6. The summed E-state index contributed by atoms with van der Waals surface area (Å²) < 4.78 is 5.03. The van der Waals surface area contributed by atoms with Crippen LogP contribution in [0.15, 0.2) is 97.1 Å². The van der Waals surface area contributed by atoms with E-state index < -0.39 is 0 Å². The third kappa shape index (κ3) is 2.50. The first-order chi connectivity index (χ1) is 18.6. The third-order valence-corrected chi connectivity index (χ3v) is 8.88. The molecule has 0 radical (unpaired) electrons. The number of nitrogens with zero attached hydrogens (tertiary/aromatic N) is 3. The van der Waals surface area contributed by atoms with Crippen LogP contribution in [0.2, 0.25) is 0 Å². The van der Waals surface area contributed by atoms with Crippen LogP contribution < -0.4 is 21.4 Å². The van der Waals surface area contributed by atoms with Crippen LogP contribution >= 0.6 is 0 Å². The minimum absolute atomic E-state index is 0.128. The molecule has 2 aliphatic heterocycles. The zero-order chi connectivity index (χ0) is 25.7. The molecular formula is C34H28BN3. The number of aryl methyl sites for hydroxylation is 1. The van der Waals surface area contributed by atoms with Gasteiger partial charge in [0.25, 0.3) is 6.71 Å². The minimum Gasteiger partial charge on any atom is -0.324 e. The van der Waals surface area contributed by atoms with Gasteiger partial charge in [-0.15, -0.1) is 0 Å². The molecule has 0 amide bonds. The summed E-state index contributed by atoms with van der Waals surface area (Å²) >= 11 is 0. The summed E-state index contributed by atoms with van der Waals surface area (Å²) in [5.41, 5.74) is 15.7. The highest BCUT2D eigenvalue weighted by molar-refractivity contribution is 7.00. The first kappa shape index (κ1) is 21.6. The summed E-state index contributed by atoms with van der Waals surface area (Å²) in [7, 11) is 0.